The number of fused-ring (bicyclic) bond motifs is 1. The Labute approximate surface area is 128 Å². The van der Waals surface area contributed by atoms with Crippen molar-refractivity contribution in [1.29, 1.82) is 0 Å². The second-order valence-electron chi connectivity index (χ2n) is 6.21. The maximum atomic E-state index is 3.67. The summed E-state index contributed by atoms with van der Waals surface area (Å²) in [5.74, 6) is 0. The minimum Gasteiger partial charge on any atom is -0.310 e. The van der Waals surface area contributed by atoms with Crippen LogP contribution in [0.2, 0.25) is 0 Å². The van der Waals surface area contributed by atoms with Gasteiger partial charge in [0.1, 0.15) is 0 Å². The lowest BCUT2D eigenvalue weighted by Gasteiger charge is -2.14. The summed E-state index contributed by atoms with van der Waals surface area (Å²) < 4.78 is 0. The third-order valence-electron chi connectivity index (χ3n) is 4.78. The van der Waals surface area contributed by atoms with Crippen LogP contribution in [-0.2, 0) is 6.42 Å². The van der Waals surface area contributed by atoms with Gasteiger partial charge in [0.25, 0.3) is 0 Å². The minimum atomic E-state index is 0.563. The normalized spacial score (nSPS) is 17.0. The minimum absolute atomic E-state index is 0.563. The second kappa shape index (κ2) is 6.03. The van der Waals surface area contributed by atoms with Crippen molar-refractivity contribution in [3.8, 4) is 11.1 Å². The molecular weight excluding hydrogens is 254 g/mol. The van der Waals surface area contributed by atoms with Crippen molar-refractivity contribution in [1.82, 2.24) is 5.32 Å². The zero-order chi connectivity index (χ0) is 14.8. The molecule has 1 heteroatoms. The van der Waals surface area contributed by atoms with Crippen molar-refractivity contribution >= 4 is 0 Å². The van der Waals surface area contributed by atoms with Gasteiger partial charge >= 0.3 is 0 Å². The molecule has 2 aromatic carbocycles. The van der Waals surface area contributed by atoms with Gasteiger partial charge in [-0.1, -0.05) is 43.3 Å². The number of aryl methyl sites for hydroxylation is 2. The predicted molar refractivity (Wildman–Crippen MR) is 90.7 cm³/mol. The highest BCUT2D eigenvalue weighted by Crippen LogP contribution is 2.35. The quantitative estimate of drug-likeness (QED) is 0.834. The molecule has 21 heavy (non-hydrogen) atoms. The maximum Gasteiger partial charge on any atom is 0.0326 e. The van der Waals surface area contributed by atoms with Gasteiger partial charge in [0.15, 0.2) is 0 Å². The molecule has 0 fully saturated rings. The largest absolute Gasteiger partial charge is 0.310 e. The topological polar surface area (TPSA) is 12.0 Å². The van der Waals surface area contributed by atoms with Gasteiger partial charge in [-0.15, -0.1) is 0 Å². The van der Waals surface area contributed by atoms with Crippen molar-refractivity contribution in [2.45, 2.75) is 46.1 Å². The van der Waals surface area contributed by atoms with Crippen LogP contribution in [0.15, 0.2) is 36.4 Å². The first-order chi connectivity index (χ1) is 10.2. The summed E-state index contributed by atoms with van der Waals surface area (Å²) in [6.07, 6.45) is 3.65. The van der Waals surface area contributed by atoms with Gasteiger partial charge in [-0.3, -0.25) is 0 Å². The molecule has 1 atom stereocenters. The van der Waals surface area contributed by atoms with Gasteiger partial charge in [0, 0.05) is 6.04 Å². The monoisotopic (exact) mass is 279 g/mol. The first-order valence-electron chi connectivity index (χ1n) is 8.13. The van der Waals surface area contributed by atoms with Gasteiger partial charge in [-0.25, -0.2) is 0 Å². The molecule has 0 aromatic heterocycles. The lowest BCUT2D eigenvalue weighted by Crippen LogP contribution is -2.19. The second-order valence-corrected chi connectivity index (χ2v) is 6.21. The molecule has 0 saturated carbocycles. The van der Waals surface area contributed by atoms with Crippen LogP contribution in [-0.4, -0.2) is 6.54 Å². The molecule has 3 rings (SSSR count). The Kier molecular flexibility index (Phi) is 4.12. The zero-order valence-corrected chi connectivity index (χ0v) is 13.4. The van der Waals surface area contributed by atoms with Gasteiger partial charge < -0.3 is 5.32 Å². The Morgan fingerprint density at radius 1 is 1.14 bits per heavy atom. The van der Waals surface area contributed by atoms with Gasteiger partial charge in [0.2, 0.25) is 0 Å². The van der Waals surface area contributed by atoms with Crippen molar-refractivity contribution < 1.29 is 0 Å². The van der Waals surface area contributed by atoms with Crippen LogP contribution in [0.1, 0.15) is 48.1 Å². The van der Waals surface area contributed by atoms with Crippen LogP contribution in [0.5, 0.6) is 0 Å². The zero-order valence-electron chi connectivity index (χ0n) is 13.4. The highest BCUT2D eigenvalue weighted by atomic mass is 14.9. The van der Waals surface area contributed by atoms with E-state index in [2.05, 4.69) is 62.5 Å². The summed E-state index contributed by atoms with van der Waals surface area (Å²) in [4.78, 5) is 0. The lowest BCUT2D eigenvalue weighted by atomic mass is 9.94. The summed E-state index contributed by atoms with van der Waals surface area (Å²) in [5, 5.41) is 3.67. The fourth-order valence-corrected chi connectivity index (χ4v) is 3.38. The molecule has 1 aliphatic rings. The van der Waals surface area contributed by atoms with E-state index in [0.29, 0.717) is 6.04 Å². The molecule has 1 aliphatic carbocycles. The Morgan fingerprint density at radius 2 is 2.00 bits per heavy atom. The van der Waals surface area contributed by atoms with E-state index < -0.39 is 0 Å². The molecule has 0 saturated heterocycles. The number of nitrogens with one attached hydrogen (secondary N) is 1. The van der Waals surface area contributed by atoms with Gasteiger partial charge in [0.05, 0.1) is 0 Å². The molecule has 1 nitrogen and oxygen atoms in total. The number of benzene rings is 2. The standard InChI is InChI=1S/C20H25N/c1-4-12-21-20-11-9-17-13-16(8-10-19(17)20)18-7-5-6-14(2)15(18)3/h5-8,10,13,20-21H,4,9,11-12H2,1-3H3. The summed E-state index contributed by atoms with van der Waals surface area (Å²) in [6, 6.07) is 14.2. The summed E-state index contributed by atoms with van der Waals surface area (Å²) in [6.45, 7) is 7.76. The fourth-order valence-electron chi connectivity index (χ4n) is 3.38. The van der Waals surface area contributed by atoms with Gasteiger partial charge in [-0.05, 0) is 73.0 Å². The molecule has 1 unspecified atom stereocenters. The molecule has 0 aliphatic heterocycles. The number of rotatable bonds is 4. The Balaban J connectivity index is 1.92. The van der Waals surface area contributed by atoms with Crippen LogP contribution in [0, 0.1) is 13.8 Å². The average molecular weight is 279 g/mol. The van der Waals surface area contributed by atoms with Gasteiger partial charge in [-0.2, -0.15) is 0 Å². The highest BCUT2D eigenvalue weighted by molar-refractivity contribution is 5.70. The van der Waals surface area contributed by atoms with E-state index in [9.17, 15) is 0 Å². The van der Waals surface area contributed by atoms with E-state index >= 15 is 0 Å². The third kappa shape index (κ3) is 2.75. The molecule has 0 bridgehead atoms. The SMILES string of the molecule is CCCNC1CCc2cc(-c3cccc(C)c3C)ccc21. The molecule has 1 N–H and O–H groups in total. The third-order valence-corrected chi connectivity index (χ3v) is 4.78. The Hall–Kier alpha value is -1.60. The van der Waals surface area contributed by atoms with E-state index in [0.717, 1.165) is 6.54 Å². The average Bonchev–Trinajstić information content (AvgIpc) is 2.90. The van der Waals surface area contributed by atoms with E-state index in [-0.39, 0.29) is 0 Å². The van der Waals surface area contributed by atoms with Crippen molar-refractivity contribution in [3.63, 3.8) is 0 Å². The van der Waals surface area contributed by atoms with Crippen LogP contribution in [0.3, 0.4) is 0 Å². The molecule has 0 radical (unpaired) electrons. The molecule has 0 heterocycles. The molecule has 0 amide bonds. The van der Waals surface area contributed by atoms with Crippen LogP contribution in [0.25, 0.3) is 11.1 Å². The van der Waals surface area contributed by atoms with Crippen molar-refractivity contribution in [3.05, 3.63) is 58.7 Å². The first kappa shape index (κ1) is 14.3. The number of hydrogen-bond acceptors (Lipinski definition) is 1. The highest BCUT2D eigenvalue weighted by Gasteiger charge is 2.22. The molecule has 110 valence electrons. The fraction of sp³-hybridized carbons (Fsp3) is 0.400. The summed E-state index contributed by atoms with van der Waals surface area (Å²) in [5.41, 5.74) is 8.56. The van der Waals surface area contributed by atoms with E-state index in [1.165, 1.54) is 52.6 Å². The van der Waals surface area contributed by atoms with E-state index in [4.69, 9.17) is 0 Å². The maximum absolute atomic E-state index is 3.67. The van der Waals surface area contributed by atoms with Crippen molar-refractivity contribution in [2.24, 2.45) is 0 Å². The lowest BCUT2D eigenvalue weighted by molar-refractivity contribution is 0.529. The first-order valence-corrected chi connectivity index (χ1v) is 8.13. The predicted octanol–water partition coefficient (Wildman–Crippen LogP) is 4.96. The smallest absolute Gasteiger partial charge is 0.0326 e. The molecule has 2 aromatic rings. The van der Waals surface area contributed by atoms with E-state index in [1.54, 1.807) is 0 Å². The number of hydrogen-bond donors (Lipinski definition) is 1. The Morgan fingerprint density at radius 3 is 2.81 bits per heavy atom. The van der Waals surface area contributed by atoms with E-state index in [1.807, 2.05) is 0 Å². The van der Waals surface area contributed by atoms with Crippen LogP contribution >= 0.6 is 0 Å². The molecular formula is C20H25N. The van der Waals surface area contributed by atoms with Crippen LogP contribution < -0.4 is 5.32 Å². The molecule has 0 spiro atoms. The summed E-state index contributed by atoms with van der Waals surface area (Å²) >= 11 is 0. The Bertz CT molecular complexity index is 642. The van der Waals surface area contributed by atoms with Crippen molar-refractivity contribution in [2.75, 3.05) is 6.54 Å². The van der Waals surface area contributed by atoms with Crippen LogP contribution in [0.4, 0.5) is 0 Å². The summed E-state index contributed by atoms with van der Waals surface area (Å²) in [7, 11) is 0.